The molecule has 2 N–H and O–H groups in total. The lowest BCUT2D eigenvalue weighted by molar-refractivity contribution is 0.407. The summed E-state index contributed by atoms with van der Waals surface area (Å²) in [6, 6.07) is 4.73. The third-order valence-corrected chi connectivity index (χ3v) is 4.25. The van der Waals surface area contributed by atoms with Gasteiger partial charge < -0.3 is 5.32 Å². The first-order chi connectivity index (χ1) is 8.65. The summed E-state index contributed by atoms with van der Waals surface area (Å²) in [7, 11) is -1.70. The summed E-state index contributed by atoms with van der Waals surface area (Å²) >= 11 is 6.02. The van der Waals surface area contributed by atoms with Crippen molar-refractivity contribution >= 4 is 21.6 Å². The Morgan fingerprint density at radius 1 is 1.26 bits per heavy atom. The predicted molar refractivity (Wildman–Crippen MR) is 78.9 cm³/mol. The van der Waals surface area contributed by atoms with Crippen molar-refractivity contribution in [2.45, 2.75) is 32.2 Å². The van der Waals surface area contributed by atoms with E-state index in [0.717, 1.165) is 5.56 Å². The van der Waals surface area contributed by atoms with Crippen molar-refractivity contribution in [1.29, 1.82) is 0 Å². The lowest BCUT2D eigenvalue weighted by atomic mass is 9.98. The molecule has 1 rings (SSSR count). The van der Waals surface area contributed by atoms with Gasteiger partial charge in [-0.1, -0.05) is 32.4 Å². The SMILES string of the molecule is CNCc1cc(S(=O)(=O)NCC(C)(C)C)ccc1Cl. The lowest BCUT2D eigenvalue weighted by Gasteiger charge is -2.19. The average molecular weight is 305 g/mol. The largest absolute Gasteiger partial charge is 0.316 e. The maximum Gasteiger partial charge on any atom is 0.240 e. The molecule has 0 atom stereocenters. The van der Waals surface area contributed by atoms with Gasteiger partial charge in [-0.05, 0) is 36.2 Å². The van der Waals surface area contributed by atoms with E-state index in [1.54, 1.807) is 19.2 Å². The van der Waals surface area contributed by atoms with E-state index in [9.17, 15) is 8.42 Å². The van der Waals surface area contributed by atoms with Crippen molar-refractivity contribution in [2.24, 2.45) is 5.41 Å². The molecular weight excluding hydrogens is 284 g/mol. The molecule has 0 spiro atoms. The smallest absolute Gasteiger partial charge is 0.240 e. The van der Waals surface area contributed by atoms with Gasteiger partial charge in [-0.15, -0.1) is 0 Å². The van der Waals surface area contributed by atoms with Crippen LogP contribution in [0.3, 0.4) is 0 Å². The van der Waals surface area contributed by atoms with Crippen LogP contribution in [0.2, 0.25) is 5.02 Å². The fraction of sp³-hybridized carbons (Fsp3) is 0.538. The average Bonchev–Trinajstić information content (AvgIpc) is 2.29. The molecule has 108 valence electrons. The zero-order chi connectivity index (χ0) is 14.7. The summed E-state index contributed by atoms with van der Waals surface area (Å²) in [5.74, 6) is 0. The fourth-order valence-corrected chi connectivity index (χ4v) is 2.96. The molecule has 4 nitrogen and oxygen atoms in total. The van der Waals surface area contributed by atoms with Gasteiger partial charge in [0.15, 0.2) is 0 Å². The second-order valence-corrected chi connectivity index (χ2v) is 7.84. The molecular formula is C13H21ClN2O2S. The molecule has 0 saturated heterocycles. The van der Waals surface area contributed by atoms with Gasteiger partial charge in [0.1, 0.15) is 0 Å². The normalized spacial score (nSPS) is 12.7. The van der Waals surface area contributed by atoms with Crippen LogP contribution in [0.1, 0.15) is 26.3 Å². The van der Waals surface area contributed by atoms with Crippen LogP contribution in [0.25, 0.3) is 0 Å². The number of halogens is 1. The van der Waals surface area contributed by atoms with Crippen LogP contribution in [-0.2, 0) is 16.6 Å². The third-order valence-electron chi connectivity index (χ3n) is 2.49. The number of hydrogen-bond donors (Lipinski definition) is 2. The van der Waals surface area contributed by atoms with Crippen LogP contribution in [0, 0.1) is 5.41 Å². The van der Waals surface area contributed by atoms with E-state index in [-0.39, 0.29) is 10.3 Å². The summed E-state index contributed by atoms with van der Waals surface area (Å²) in [6.07, 6.45) is 0. The van der Waals surface area contributed by atoms with Crippen molar-refractivity contribution in [2.75, 3.05) is 13.6 Å². The molecule has 0 bridgehead atoms. The van der Waals surface area contributed by atoms with Crippen molar-refractivity contribution in [1.82, 2.24) is 10.0 Å². The van der Waals surface area contributed by atoms with Gasteiger partial charge in [0.05, 0.1) is 4.90 Å². The quantitative estimate of drug-likeness (QED) is 0.878. The molecule has 0 aliphatic heterocycles. The van der Waals surface area contributed by atoms with Gasteiger partial charge in [-0.25, -0.2) is 13.1 Å². The first-order valence-corrected chi connectivity index (χ1v) is 7.94. The van der Waals surface area contributed by atoms with E-state index in [2.05, 4.69) is 10.0 Å². The molecule has 0 aliphatic rings. The minimum atomic E-state index is -3.49. The van der Waals surface area contributed by atoms with E-state index >= 15 is 0 Å². The summed E-state index contributed by atoms with van der Waals surface area (Å²) < 4.78 is 27.0. The van der Waals surface area contributed by atoms with Crippen molar-refractivity contribution < 1.29 is 8.42 Å². The number of rotatable bonds is 5. The summed E-state index contributed by atoms with van der Waals surface area (Å²) in [6.45, 7) is 6.85. The van der Waals surface area contributed by atoms with E-state index < -0.39 is 10.0 Å². The summed E-state index contributed by atoms with van der Waals surface area (Å²) in [5, 5.41) is 3.52. The molecule has 19 heavy (non-hydrogen) atoms. The Balaban J connectivity index is 2.98. The second-order valence-electron chi connectivity index (χ2n) is 5.67. The molecule has 0 saturated carbocycles. The van der Waals surface area contributed by atoms with Gasteiger partial charge in [0.25, 0.3) is 0 Å². The topological polar surface area (TPSA) is 58.2 Å². The number of nitrogens with one attached hydrogen (secondary N) is 2. The van der Waals surface area contributed by atoms with Crippen molar-refractivity contribution in [3.05, 3.63) is 28.8 Å². The van der Waals surface area contributed by atoms with Crippen LogP contribution in [0.4, 0.5) is 0 Å². The zero-order valence-corrected chi connectivity index (χ0v) is 13.3. The molecule has 0 amide bonds. The number of benzene rings is 1. The molecule has 0 fully saturated rings. The number of sulfonamides is 1. The van der Waals surface area contributed by atoms with Gasteiger partial charge in [-0.3, -0.25) is 0 Å². The molecule has 1 aromatic carbocycles. The van der Waals surface area contributed by atoms with Gasteiger partial charge >= 0.3 is 0 Å². The molecule has 6 heteroatoms. The molecule has 1 aromatic rings. The summed E-state index contributed by atoms with van der Waals surface area (Å²) in [4.78, 5) is 0.242. The molecule has 0 aliphatic carbocycles. The maximum absolute atomic E-state index is 12.2. The lowest BCUT2D eigenvalue weighted by Crippen LogP contribution is -2.32. The van der Waals surface area contributed by atoms with Gasteiger partial charge in [0, 0.05) is 18.1 Å². The van der Waals surface area contributed by atoms with E-state index in [1.807, 2.05) is 20.8 Å². The zero-order valence-electron chi connectivity index (χ0n) is 11.7. The minimum Gasteiger partial charge on any atom is -0.316 e. The monoisotopic (exact) mass is 304 g/mol. The van der Waals surface area contributed by atoms with E-state index in [0.29, 0.717) is 18.1 Å². The predicted octanol–water partition coefficient (Wildman–Crippen LogP) is 2.38. The van der Waals surface area contributed by atoms with Crippen LogP contribution in [0.15, 0.2) is 23.1 Å². The molecule has 0 unspecified atom stereocenters. The van der Waals surface area contributed by atoms with Crippen molar-refractivity contribution in [3.63, 3.8) is 0 Å². The van der Waals surface area contributed by atoms with Crippen LogP contribution in [-0.4, -0.2) is 22.0 Å². The first kappa shape index (κ1) is 16.4. The Labute approximate surface area is 120 Å². The fourth-order valence-electron chi connectivity index (χ4n) is 1.44. The van der Waals surface area contributed by atoms with Crippen LogP contribution in [0.5, 0.6) is 0 Å². The standard InChI is InChI=1S/C13H21ClN2O2S/c1-13(2,3)9-16-19(17,18)11-5-6-12(14)10(7-11)8-15-4/h5-7,15-16H,8-9H2,1-4H3. The highest BCUT2D eigenvalue weighted by Crippen LogP contribution is 2.21. The highest BCUT2D eigenvalue weighted by atomic mass is 35.5. The van der Waals surface area contributed by atoms with E-state index in [1.165, 1.54) is 6.07 Å². The molecule has 0 radical (unpaired) electrons. The van der Waals surface area contributed by atoms with Crippen LogP contribution >= 0.6 is 11.6 Å². The minimum absolute atomic E-state index is 0.104. The second kappa shape index (κ2) is 6.22. The highest BCUT2D eigenvalue weighted by Gasteiger charge is 2.19. The maximum atomic E-state index is 12.2. The molecule has 0 aromatic heterocycles. The Morgan fingerprint density at radius 3 is 2.42 bits per heavy atom. The Bertz CT molecular complexity index is 536. The molecule has 0 heterocycles. The number of hydrogen-bond acceptors (Lipinski definition) is 3. The highest BCUT2D eigenvalue weighted by molar-refractivity contribution is 7.89. The van der Waals surface area contributed by atoms with Gasteiger partial charge in [0.2, 0.25) is 10.0 Å². The third kappa shape index (κ3) is 5.10. The Morgan fingerprint density at radius 2 is 1.89 bits per heavy atom. The first-order valence-electron chi connectivity index (χ1n) is 6.08. The van der Waals surface area contributed by atoms with Crippen LogP contribution < -0.4 is 10.0 Å². The van der Waals surface area contributed by atoms with E-state index in [4.69, 9.17) is 11.6 Å². The summed E-state index contributed by atoms with van der Waals surface area (Å²) in [5.41, 5.74) is 0.663. The van der Waals surface area contributed by atoms with Crippen molar-refractivity contribution in [3.8, 4) is 0 Å². The van der Waals surface area contributed by atoms with Gasteiger partial charge in [-0.2, -0.15) is 0 Å². The Hall–Kier alpha value is -0.620. The Kier molecular flexibility index (Phi) is 5.38.